The van der Waals surface area contributed by atoms with E-state index in [2.05, 4.69) is 6.58 Å². The molecule has 0 saturated heterocycles. The van der Waals surface area contributed by atoms with Gasteiger partial charge in [0.1, 0.15) is 5.75 Å². The standard InChI is InChI=1S/C28H37NO4/c1-21(2)28(31)33-19-11-9-7-6-8-10-18-32-26-17-12-22(3)20-25(26)27(30)23-13-15-24(16-14-23)29(4)5/h12-17,20H,1,6-11,18-19H2,2-5H3. The van der Waals surface area contributed by atoms with Crippen LogP contribution in [-0.2, 0) is 9.53 Å². The topological polar surface area (TPSA) is 55.8 Å². The lowest BCUT2D eigenvalue weighted by Crippen LogP contribution is -2.10. The molecule has 0 saturated carbocycles. The van der Waals surface area contributed by atoms with Crippen molar-refractivity contribution in [2.45, 2.75) is 52.4 Å². The second-order valence-electron chi connectivity index (χ2n) is 8.66. The first-order chi connectivity index (χ1) is 15.8. The van der Waals surface area contributed by atoms with Gasteiger partial charge >= 0.3 is 5.97 Å². The van der Waals surface area contributed by atoms with Gasteiger partial charge in [0.25, 0.3) is 0 Å². The summed E-state index contributed by atoms with van der Waals surface area (Å²) in [6.07, 6.45) is 6.11. The fourth-order valence-corrected chi connectivity index (χ4v) is 3.40. The molecule has 0 N–H and O–H groups in total. The highest BCUT2D eigenvalue weighted by atomic mass is 16.5. The van der Waals surface area contributed by atoms with Gasteiger partial charge in [0, 0.05) is 30.9 Å². The maximum atomic E-state index is 13.1. The minimum absolute atomic E-state index is 0.0219. The summed E-state index contributed by atoms with van der Waals surface area (Å²) < 4.78 is 11.1. The first-order valence-electron chi connectivity index (χ1n) is 11.7. The van der Waals surface area contributed by atoms with Gasteiger partial charge in [-0.2, -0.15) is 0 Å². The Balaban J connectivity index is 1.76. The van der Waals surface area contributed by atoms with Crippen LogP contribution in [0.1, 0.15) is 66.9 Å². The van der Waals surface area contributed by atoms with E-state index in [1.807, 2.05) is 68.4 Å². The van der Waals surface area contributed by atoms with Crippen LogP contribution < -0.4 is 9.64 Å². The summed E-state index contributed by atoms with van der Waals surface area (Å²) in [4.78, 5) is 26.4. The van der Waals surface area contributed by atoms with E-state index in [0.29, 0.717) is 35.7 Å². The zero-order valence-electron chi connectivity index (χ0n) is 20.5. The molecule has 178 valence electrons. The monoisotopic (exact) mass is 451 g/mol. The maximum Gasteiger partial charge on any atom is 0.333 e. The first-order valence-corrected chi connectivity index (χ1v) is 11.7. The fraction of sp³-hybridized carbons (Fsp3) is 0.429. The van der Waals surface area contributed by atoms with Gasteiger partial charge in [0.2, 0.25) is 0 Å². The van der Waals surface area contributed by atoms with Crippen molar-refractivity contribution in [3.8, 4) is 5.75 Å². The SMILES string of the molecule is C=C(C)C(=O)OCCCCCCCCOc1ccc(C)cc1C(=O)c1ccc(N(C)C)cc1. The third kappa shape index (κ3) is 8.76. The Morgan fingerprint density at radius 2 is 1.48 bits per heavy atom. The van der Waals surface area contributed by atoms with Crippen molar-refractivity contribution in [1.29, 1.82) is 0 Å². The van der Waals surface area contributed by atoms with Crippen LogP contribution in [0.25, 0.3) is 0 Å². The van der Waals surface area contributed by atoms with Crippen molar-refractivity contribution in [3.05, 3.63) is 71.3 Å². The van der Waals surface area contributed by atoms with Crippen LogP contribution in [0.3, 0.4) is 0 Å². The van der Waals surface area contributed by atoms with Crippen LogP contribution in [0.4, 0.5) is 5.69 Å². The molecule has 0 heterocycles. The van der Waals surface area contributed by atoms with E-state index in [9.17, 15) is 9.59 Å². The number of hydrogen-bond acceptors (Lipinski definition) is 5. The summed E-state index contributed by atoms with van der Waals surface area (Å²) in [6.45, 7) is 8.24. The molecule has 0 fully saturated rings. The maximum absolute atomic E-state index is 13.1. The summed E-state index contributed by atoms with van der Waals surface area (Å²) in [7, 11) is 3.95. The van der Waals surface area contributed by atoms with Gasteiger partial charge < -0.3 is 14.4 Å². The average Bonchev–Trinajstić information content (AvgIpc) is 2.80. The van der Waals surface area contributed by atoms with Crippen LogP contribution >= 0.6 is 0 Å². The second kappa shape index (κ2) is 13.5. The third-order valence-electron chi connectivity index (χ3n) is 5.40. The molecule has 0 atom stereocenters. The number of ketones is 1. The normalized spacial score (nSPS) is 10.5. The number of rotatable bonds is 14. The summed E-state index contributed by atoms with van der Waals surface area (Å²) in [5, 5.41) is 0. The van der Waals surface area contributed by atoms with Crippen molar-refractivity contribution in [1.82, 2.24) is 0 Å². The molecule has 5 heteroatoms. The Morgan fingerprint density at radius 1 is 0.879 bits per heavy atom. The molecule has 2 aromatic carbocycles. The number of ether oxygens (including phenoxy) is 2. The van der Waals surface area contributed by atoms with Crippen LogP contribution in [0, 0.1) is 6.92 Å². The molecule has 0 amide bonds. The zero-order chi connectivity index (χ0) is 24.2. The Morgan fingerprint density at radius 3 is 2.09 bits per heavy atom. The minimum atomic E-state index is -0.313. The van der Waals surface area contributed by atoms with Gasteiger partial charge in [-0.1, -0.05) is 43.9 Å². The highest BCUT2D eigenvalue weighted by Crippen LogP contribution is 2.25. The highest BCUT2D eigenvalue weighted by molar-refractivity contribution is 6.11. The van der Waals surface area contributed by atoms with Gasteiger partial charge in [-0.05, 0) is 63.1 Å². The summed E-state index contributed by atoms with van der Waals surface area (Å²) in [5.74, 6) is 0.305. The number of esters is 1. The van der Waals surface area contributed by atoms with Gasteiger partial charge in [-0.3, -0.25) is 4.79 Å². The number of hydrogen-bond donors (Lipinski definition) is 0. The van der Waals surface area contributed by atoms with Crippen LogP contribution in [-0.4, -0.2) is 39.1 Å². The Labute approximate surface area is 198 Å². The van der Waals surface area contributed by atoms with E-state index < -0.39 is 0 Å². The molecule has 0 spiro atoms. The number of unbranched alkanes of at least 4 members (excludes halogenated alkanes) is 5. The number of anilines is 1. The van der Waals surface area contributed by atoms with Gasteiger partial charge in [-0.25, -0.2) is 4.79 Å². The van der Waals surface area contributed by atoms with E-state index >= 15 is 0 Å². The summed E-state index contributed by atoms with van der Waals surface area (Å²) in [5.41, 5.74) is 3.79. The molecule has 2 aromatic rings. The smallest absolute Gasteiger partial charge is 0.333 e. The predicted octanol–water partition coefficient (Wildman–Crippen LogP) is 6.13. The lowest BCUT2D eigenvalue weighted by atomic mass is 10.0. The number of nitrogens with zero attached hydrogens (tertiary/aromatic N) is 1. The molecule has 5 nitrogen and oxygen atoms in total. The number of benzene rings is 2. The Kier molecular flexibility index (Phi) is 10.7. The van der Waals surface area contributed by atoms with Crippen LogP contribution in [0.15, 0.2) is 54.6 Å². The van der Waals surface area contributed by atoms with Gasteiger partial charge in [-0.15, -0.1) is 0 Å². The average molecular weight is 452 g/mol. The van der Waals surface area contributed by atoms with Crippen LogP contribution in [0.5, 0.6) is 5.75 Å². The van der Waals surface area contributed by atoms with E-state index in [1.165, 1.54) is 0 Å². The first kappa shape index (κ1) is 26.2. The Bertz CT molecular complexity index is 931. The zero-order valence-corrected chi connectivity index (χ0v) is 20.5. The largest absolute Gasteiger partial charge is 0.493 e. The molecule has 0 aromatic heterocycles. The summed E-state index contributed by atoms with van der Waals surface area (Å²) >= 11 is 0. The molecule has 0 unspecified atom stereocenters. The summed E-state index contributed by atoms with van der Waals surface area (Å²) in [6, 6.07) is 13.4. The van der Waals surface area contributed by atoms with E-state index in [-0.39, 0.29) is 11.8 Å². The number of carbonyl (C=O) groups excluding carboxylic acids is 2. The molecule has 0 radical (unpaired) electrons. The molecule has 0 aliphatic rings. The molecule has 2 rings (SSSR count). The predicted molar refractivity (Wildman–Crippen MR) is 134 cm³/mol. The number of carbonyl (C=O) groups is 2. The van der Waals surface area contributed by atoms with Gasteiger partial charge in [0.15, 0.2) is 5.78 Å². The van der Waals surface area contributed by atoms with Crippen molar-refractivity contribution in [2.24, 2.45) is 0 Å². The molecule has 0 aliphatic carbocycles. The van der Waals surface area contributed by atoms with E-state index in [1.54, 1.807) is 6.92 Å². The van der Waals surface area contributed by atoms with Crippen LogP contribution in [0.2, 0.25) is 0 Å². The van der Waals surface area contributed by atoms with E-state index in [4.69, 9.17) is 9.47 Å². The highest BCUT2D eigenvalue weighted by Gasteiger charge is 2.15. The lowest BCUT2D eigenvalue weighted by molar-refractivity contribution is -0.139. The van der Waals surface area contributed by atoms with Gasteiger partial charge in [0.05, 0.1) is 18.8 Å². The van der Waals surface area contributed by atoms with E-state index in [0.717, 1.165) is 49.8 Å². The minimum Gasteiger partial charge on any atom is -0.493 e. The second-order valence-corrected chi connectivity index (χ2v) is 8.66. The molecule has 33 heavy (non-hydrogen) atoms. The number of aryl methyl sites for hydroxylation is 1. The molecule has 0 aliphatic heterocycles. The molecular formula is C28H37NO4. The molecule has 0 bridgehead atoms. The quantitative estimate of drug-likeness (QED) is 0.150. The Hall–Kier alpha value is -3.08. The fourth-order valence-electron chi connectivity index (χ4n) is 3.40. The van der Waals surface area contributed by atoms with Crippen molar-refractivity contribution in [2.75, 3.05) is 32.2 Å². The van der Waals surface area contributed by atoms with Crippen molar-refractivity contribution < 1.29 is 19.1 Å². The molecular weight excluding hydrogens is 414 g/mol. The third-order valence-corrected chi connectivity index (χ3v) is 5.40. The van der Waals surface area contributed by atoms with Crippen molar-refractivity contribution in [3.63, 3.8) is 0 Å². The van der Waals surface area contributed by atoms with Crippen molar-refractivity contribution >= 4 is 17.4 Å². The lowest BCUT2D eigenvalue weighted by Gasteiger charge is -2.14.